The Bertz CT molecular complexity index is 89.9. The Labute approximate surface area is 31.8 Å². The first-order chi connectivity index (χ1) is 3.13. The van der Waals surface area contributed by atoms with E-state index in [9.17, 15) is 9.59 Å². The average molecular weight is 74.1 g/mol. The molecule has 28 valence electrons. The van der Waals surface area contributed by atoms with Crippen molar-refractivity contribution in [1.82, 2.24) is 5.32 Å². The Morgan fingerprint density at radius 1 is 2.20 bits per heavy atom. The molecule has 0 atom stereocenters. The van der Waals surface area contributed by atoms with Gasteiger partial charge in [-0.15, -0.1) is 0 Å². The monoisotopic (exact) mass is 74.0 g/mol. The van der Waals surface area contributed by atoms with E-state index in [0.29, 0.717) is 0 Å². The first kappa shape index (κ1) is 1.55. The third-order valence-corrected chi connectivity index (χ3v) is 0.102. The third-order valence-electron chi connectivity index (χ3n) is 0.102. The van der Waals surface area contributed by atoms with Crippen LogP contribution in [-0.4, -0.2) is 12.8 Å². The zero-order chi connectivity index (χ0) is 5.86. The van der Waals surface area contributed by atoms with Gasteiger partial charge in [-0.3, -0.25) is 9.59 Å². The maximum absolute atomic E-state index is 9.47. The lowest BCUT2D eigenvalue weighted by atomic mass is 11.2. The molecule has 1 N–H and O–H groups in total. The molecule has 0 saturated heterocycles. The molecule has 3 nitrogen and oxygen atoms in total. The molecule has 0 aromatic rings. The fourth-order valence-electron chi connectivity index (χ4n) is 0.0208. The molecule has 0 saturated carbocycles. The van der Waals surface area contributed by atoms with Crippen LogP contribution in [0.5, 0.6) is 0 Å². The van der Waals surface area contributed by atoms with Gasteiger partial charge in [-0.1, -0.05) is 0 Å². The Balaban J connectivity index is 3.32. The van der Waals surface area contributed by atoms with Crippen molar-refractivity contribution >= 4 is 12.8 Å². The SMILES string of the molecule is [1H]C(=O)NC([2H])=O. The second kappa shape index (κ2) is 3.14. The van der Waals surface area contributed by atoms with Gasteiger partial charge in [-0.2, -0.15) is 0 Å². The first-order valence-electron chi connectivity index (χ1n) is 1.91. The van der Waals surface area contributed by atoms with E-state index in [2.05, 4.69) is 0 Å². The summed E-state index contributed by atoms with van der Waals surface area (Å²) in [6, 6.07) is 0. The predicted octanol–water partition coefficient (Wildman–Crippen LogP) is -1.11. The van der Waals surface area contributed by atoms with Gasteiger partial charge in [0.15, 0.2) is 0 Å². The molecule has 0 unspecified atom stereocenters. The Hall–Kier alpha value is -0.860. The van der Waals surface area contributed by atoms with Gasteiger partial charge in [-0.05, 0) is 0 Å². The first-order valence-corrected chi connectivity index (χ1v) is 0.908. The highest BCUT2D eigenvalue weighted by Gasteiger charge is 1.56. The quantitative estimate of drug-likeness (QED) is 0.370. The number of carbonyl (C=O) groups excluding carboxylic acids is 2. The summed E-state index contributed by atoms with van der Waals surface area (Å²) in [6.07, 6.45) is -2.50. The van der Waals surface area contributed by atoms with Gasteiger partial charge in [0.1, 0.15) is 2.74 Å². The fourth-order valence-corrected chi connectivity index (χ4v) is 0.0208. The van der Waals surface area contributed by atoms with E-state index in [1.807, 2.05) is 0 Å². The summed E-state index contributed by atoms with van der Waals surface area (Å²) < 4.78 is 12.0. The number of carbonyl (C=O) groups is 2. The van der Waals surface area contributed by atoms with Gasteiger partial charge in [0, 0.05) is 0 Å². The predicted molar refractivity (Wildman–Crippen MR) is 15.3 cm³/mol. The standard InChI is InChI=1S/C2H3NO2/c4-1-3-2-5/h1-2H,(H,3,4,5)/i1H,2D. The molecule has 0 bridgehead atoms. The normalized spacial score (nSPS) is 11.2. The minimum absolute atomic E-state index is 1.25. The largest absolute Gasteiger partial charge is 0.302 e. The maximum atomic E-state index is 9.47. The van der Waals surface area contributed by atoms with Crippen molar-refractivity contribution in [1.29, 1.82) is 0 Å². The van der Waals surface area contributed by atoms with E-state index in [-0.39, 0.29) is 0 Å². The van der Waals surface area contributed by atoms with E-state index >= 15 is 0 Å². The van der Waals surface area contributed by atoms with Crippen LogP contribution in [0.1, 0.15) is 2.74 Å². The number of rotatable bonds is 0. The summed E-state index contributed by atoms with van der Waals surface area (Å²) >= 11 is 0. The molecular formula is C2H3NO2. The van der Waals surface area contributed by atoms with Crippen LogP contribution in [0.2, 0.25) is 0 Å². The molecule has 0 heterocycles. The zero-order valence-corrected chi connectivity index (χ0v) is 2.32. The van der Waals surface area contributed by atoms with Crippen LogP contribution in [0.15, 0.2) is 0 Å². The smallest absolute Gasteiger partial charge is 0.213 e. The van der Waals surface area contributed by atoms with Crippen molar-refractivity contribution in [3.8, 4) is 0 Å². The lowest BCUT2D eigenvalue weighted by Gasteiger charge is -1.64. The topological polar surface area (TPSA) is 46.2 Å². The summed E-state index contributed by atoms with van der Waals surface area (Å²) in [5, 5.41) is 1.36. The Morgan fingerprint density at radius 2 is 2.80 bits per heavy atom. The van der Waals surface area contributed by atoms with Crippen LogP contribution >= 0.6 is 0 Å². The molecule has 0 spiro atoms. The van der Waals surface area contributed by atoms with Crippen LogP contribution in [-0.2, 0) is 9.59 Å². The van der Waals surface area contributed by atoms with Crippen molar-refractivity contribution in [2.24, 2.45) is 0 Å². The van der Waals surface area contributed by atoms with E-state index < -0.39 is 12.8 Å². The molecule has 0 aromatic heterocycles. The average Bonchev–Trinajstić information content (AvgIpc) is 1.27. The highest BCUT2D eigenvalue weighted by Crippen LogP contribution is 1.17. The molecule has 3 heteroatoms. The molecule has 0 aliphatic rings. The molecule has 0 aliphatic heterocycles. The minimum Gasteiger partial charge on any atom is -0.302 e. The summed E-state index contributed by atoms with van der Waals surface area (Å²) in [6.45, 7) is 0. The van der Waals surface area contributed by atoms with Crippen molar-refractivity contribution in [2.45, 2.75) is 0 Å². The second-order valence-corrected chi connectivity index (χ2v) is 0.329. The summed E-state index contributed by atoms with van der Waals surface area (Å²) in [5.74, 6) is 0. The number of hydrogen-bond donors (Lipinski definition) is 1. The van der Waals surface area contributed by atoms with Crippen LogP contribution in [0, 0.1) is 0 Å². The van der Waals surface area contributed by atoms with Crippen molar-refractivity contribution in [3.63, 3.8) is 0 Å². The van der Waals surface area contributed by atoms with E-state index in [1.165, 1.54) is 5.32 Å². The zero-order valence-electron chi connectivity index (χ0n) is 4.32. The van der Waals surface area contributed by atoms with E-state index in [0.717, 1.165) is 0 Å². The lowest BCUT2D eigenvalue weighted by molar-refractivity contribution is -0.117. The van der Waals surface area contributed by atoms with E-state index in [1.54, 1.807) is 0 Å². The molecular weight excluding hydrogens is 70.0 g/mol. The van der Waals surface area contributed by atoms with E-state index in [4.69, 9.17) is 2.74 Å². The fraction of sp³-hybridized carbons (Fsp3) is 0. The van der Waals surface area contributed by atoms with Gasteiger partial charge in [0.05, 0.1) is 0 Å². The molecule has 0 fully saturated rings. The van der Waals surface area contributed by atoms with Crippen LogP contribution in [0.25, 0.3) is 0 Å². The van der Waals surface area contributed by atoms with Gasteiger partial charge in [0.2, 0.25) is 12.8 Å². The minimum atomic E-state index is -1.25. The summed E-state index contributed by atoms with van der Waals surface area (Å²) in [7, 11) is 0. The van der Waals surface area contributed by atoms with Gasteiger partial charge >= 0.3 is 0 Å². The van der Waals surface area contributed by atoms with Gasteiger partial charge < -0.3 is 5.32 Å². The van der Waals surface area contributed by atoms with Gasteiger partial charge in [-0.25, -0.2) is 0 Å². The second-order valence-electron chi connectivity index (χ2n) is 0.329. The highest BCUT2D eigenvalue weighted by atomic mass is 16.2. The number of hydrogen-bond acceptors (Lipinski definition) is 2. The number of amides is 2. The molecule has 2 amide bonds. The van der Waals surface area contributed by atoms with Crippen LogP contribution in [0.4, 0.5) is 0 Å². The molecule has 0 aliphatic carbocycles. The molecule has 0 radical (unpaired) electrons. The summed E-state index contributed by atoms with van der Waals surface area (Å²) in [4.78, 5) is 18.9. The van der Waals surface area contributed by atoms with Crippen molar-refractivity contribution < 1.29 is 12.3 Å². The van der Waals surface area contributed by atoms with Crippen LogP contribution in [0.3, 0.4) is 0 Å². The van der Waals surface area contributed by atoms with Crippen molar-refractivity contribution in [2.75, 3.05) is 0 Å². The highest BCUT2D eigenvalue weighted by molar-refractivity contribution is 5.67. The Morgan fingerprint density at radius 3 is 2.80 bits per heavy atom. The molecule has 5 heavy (non-hydrogen) atoms. The number of imide groups is 1. The molecule has 0 aromatic carbocycles. The lowest BCUT2D eigenvalue weighted by Crippen LogP contribution is -2.04. The van der Waals surface area contributed by atoms with Gasteiger partial charge in [0.25, 0.3) is 0 Å². The maximum Gasteiger partial charge on any atom is 0.213 e. The summed E-state index contributed by atoms with van der Waals surface area (Å²) in [5.41, 5.74) is 0. The van der Waals surface area contributed by atoms with Crippen molar-refractivity contribution in [3.05, 3.63) is 0 Å². The third kappa shape index (κ3) is 3.14. The Kier molecular flexibility index (Phi) is 0.970. The number of nitrogens with one attached hydrogen (secondary N) is 1. The van der Waals surface area contributed by atoms with Crippen LogP contribution < -0.4 is 5.32 Å². The molecule has 0 rings (SSSR count).